The number of alkyl halides is 3. The highest BCUT2D eigenvalue weighted by Gasteiger charge is 2.32. The molecule has 0 unspecified atom stereocenters. The van der Waals surface area contributed by atoms with Crippen LogP contribution in [0, 0.1) is 0 Å². The first kappa shape index (κ1) is 13.8. The molecule has 23 heavy (non-hydrogen) atoms. The van der Waals surface area contributed by atoms with Crippen LogP contribution in [0.4, 0.5) is 13.2 Å². The molecule has 0 aliphatic rings. The zero-order valence-corrected chi connectivity index (χ0v) is 12.0. The topological polar surface area (TPSA) is 46.5 Å². The van der Waals surface area contributed by atoms with Crippen LogP contribution < -0.4 is 0 Å². The Morgan fingerprint density at radius 2 is 1.91 bits per heavy atom. The number of nitrogens with zero attached hydrogens (tertiary/aromatic N) is 3. The van der Waals surface area contributed by atoms with Gasteiger partial charge in [-0.05, 0) is 29.3 Å². The lowest BCUT2D eigenvalue weighted by Crippen LogP contribution is -2.05. The second-order valence-electron chi connectivity index (χ2n) is 5.39. The van der Waals surface area contributed by atoms with Crippen molar-refractivity contribution >= 4 is 21.8 Å². The second-order valence-corrected chi connectivity index (χ2v) is 5.39. The van der Waals surface area contributed by atoms with E-state index in [1.807, 2.05) is 6.07 Å². The van der Waals surface area contributed by atoms with Crippen LogP contribution in [0.5, 0.6) is 0 Å². The van der Waals surface area contributed by atoms with Gasteiger partial charge < -0.3 is 0 Å². The summed E-state index contributed by atoms with van der Waals surface area (Å²) < 4.78 is 41.2. The number of benzene rings is 2. The van der Waals surface area contributed by atoms with Gasteiger partial charge in [-0.25, -0.2) is 0 Å². The molecule has 0 bridgehead atoms. The summed E-state index contributed by atoms with van der Waals surface area (Å²) in [6.45, 7) is 0. The van der Waals surface area contributed by atoms with Crippen molar-refractivity contribution in [1.29, 1.82) is 0 Å². The fourth-order valence-electron chi connectivity index (χ4n) is 2.83. The summed E-state index contributed by atoms with van der Waals surface area (Å²) in [5.41, 5.74) is 1.58. The van der Waals surface area contributed by atoms with Crippen molar-refractivity contribution in [2.75, 3.05) is 0 Å². The van der Waals surface area contributed by atoms with Gasteiger partial charge in [-0.1, -0.05) is 12.1 Å². The first-order chi connectivity index (χ1) is 10.9. The van der Waals surface area contributed by atoms with Gasteiger partial charge >= 0.3 is 6.18 Å². The minimum Gasteiger partial charge on any atom is -0.278 e. The second kappa shape index (κ2) is 4.58. The van der Waals surface area contributed by atoms with Crippen molar-refractivity contribution in [3.8, 4) is 11.1 Å². The van der Waals surface area contributed by atoms with E-state index in [0.29, 0.717) is 22.0 Å². The molecule has 1 N–H and O–H groups in total. The van der Waals surface area contributed by atoms with Crippen LogP contribution in [0.2, 0.25) is 0 Å². The average Bonchev–Trinajstić information content (AvgIpc) is 3.09. The monoisotopic (exact) mass is 316 g/mol. The summed E-state index contributed by atoms with van der Waals surface area (Å²) in [4.78, 5) is 0. The van der Waals surface area contributed by atoms with Gasteiger partial charge in [0, 0.05) is 24.0 Å². The first-order valence-electron chi connectivity index (χ1n) is 6.90. The van der Waals surface area contributed by atoms with Crippen LogP contribution in [0.1, 0.15) is 5.56 Å². The number of aromatic nitrogens is 4. The highest BCUT2D eigenvalue weighted by atomic mass is 19.4. The van der Waals surface area contributed by atoms with Crippen molar-refractivity contribution in [2.24, 2.45) is 7.05 Å². The van der Waals surface area contributed by atoms with E-state index in [1.54, 1.807) is 36.3 Å². The summed E-state index contributed by atoms with van der Waals surface area (Å²) in [6, 6.07) is 7.66. The summed E-state index contributed by atoms with van der Waals surface area (Å²) in [6.07, 6.45) is -1.08. The molecule has 2 aromatic heterocycles. The quantitative estimate of drug-likeness (QED) is 0.574. The molecule has 0 saturated carbocycles. The highest BCUT2D eigenvalue weighted by molar-refractivity contribution is 6.03. The van der Waals surface area contributed by atoms with Crippen LogP contribution in [0.3, 0.4) is 0 Å². The lowest BCUT2D eigenvalue weighted by Gasteiger charge is -2.11. The predicted molar refractivity (Wildman–Crippen MR) is 80.8 cm³/mol. The number of hydrogen-bond donors (Lipinski definition) is 1. The minimum atomic E-state index is -4.42. The van der Waals surface area contributed by atoms with Gasteiger partial charge in [0.2, 0.25) is 0 Å². The summed E-state index contributed by atoms with van der Waals surface area (Å²) in [5, 5.41) is 12.3. The molecule has 2 heterocycles. The van der Waals surface area contributed by atoms with Crippen molar-refractivity contribution in [2.45, 2.75) is 6.18 Å². The third-order valence-electron chi connectivity index (χ3n) is 3.84. The zero-order valence-electron chi connectivity index (χ0n) is 12.0. The maximum Gasteiger partial charge on any atom is 0.416 e. The Balaban J connectivity index is 2.09. The molecule has 116 valence electrons. The van der Waals surface area contributed by atoms with Crippen LogP contribution >= 0.6 is 0 Å². The number of aryl methyl sites for hydroxylation is 1. The standard InChI is InChI=1S/C16H11F3N4/c1-23-8-13-10(3-2-4-14(13)22-23)11-5-9(16(17,18)19)6-15-12(11)7-20-21-15/h2-8H,1H3,(H,20,21). The van der Waals surface area contributed by atoms with Crippen molar-refractivity contribution in [3.05, 3.63) is 48.3 Å². The average molecular weight is 316 g/mol. The Morgan fingerprint density at radius 3 is 2.70 bits per heavy atom. The summed E-state index contributed by atoms with van der Waals surface area (Å²) in [7, 11) is 1.78. The molecule has 0 amide bonds. The Labute approximate surface area is 128 Å². The van der Waals surface area contributed by atoms with Gasteiger partial charge in [0.25, 0.3) is 0 Å². The molecule has 4 rings (SSSR count). The third kappa shape index (κ3) is 2.16. The van der Waals surface area contributed by atoms with Gasteiger partial charge in [-0.15, -0.1) is 0 Å². The molecule has 0 fully saturated rings. The van der Waals surface area contributed by atoms with E-state index in [9.17, 15) is 13.2 Å². The minimum absolute atomic E-state index is 0.357. The molecule has 0 aliphatic carbocycles. The summed E-state index contributed by atoms with van der Waals surface area (Å²) in [5.74, 6) is 0. The van der Waals surface area contributed by atoms with Crippen molar-refractivity contribution < 1.29 is 13.2 Å². The molecule has 0 radical (unpaired) electrons. The number of nitrogens with one attached hydrogen (secondary N) is 1. The maximum atomic E-state index is 13.2. The smallest absolute Gasteiger partial charge is 0.278 e. The molecule has 0 saturated heterocycles. The number of halogens is 3. The molecule has 4 aromatic rings. The van der Waals surface area contributed by atoms with Gasteiger partial charge in [0.1, 0.15) is 0 Å². The Kier molecular flexibility index (Phi) is 2.75. The molecule has 4 nitrogen and oxygen atoms in total. The van der Waals surface area contributed by atoms with Gasteiger partial charge in [0.05, 0.1) is 22.8 Å². The molecule has 0 atom stereocenters. The molecule has 7 heteroatoms. The Hall–Kier alpha value is -2.83. The van der Waals surface area contributed by atoms with E-state index >= 15 is 0 Å². The number of rotatable bonds is 1. The summed E-state index contributed by atoms with van der Waals surface area (Å²) >= 11 is 0. The van der Waals surface area contributed by atoms with Crippen molar-refractivity contribution in [3.63, 3.8) is 0 Å². The molecule has 0 aliphatic heterocycles. The van der Waals surface area contributed by atoms with E-state index in [2.05, 4.69) is 15.3 Å². The van der Waals surface area contributed by atoms with Crippen LogP contribution in [0.15, 0.2) is 42.7 Å². The number of aromatic amines is 1. The van der Waals surface area contributed by atoms with E-state index in [4.69, 9.17) is 0 Å². The number of hydrogen-bond acceptors (Lipinski definition) is 2. The van der Waals surface area contributed by atoms with E-state index < -0.39 is 11.7 Å². The first-order valence-corrected chi connectivity index (χ1v) is 6.90. The third-order valence-corrected chi connectivity index (χ3v) is 3.84. The number of H-pyrrole nitrogens is 1. The molecule has 2 aromatic carbocycles. The van der Waals surface area contributed by atoms with E-state index in [0.717, 1.165) is 17.0 Å². The normalized spacial score (nSPS) is 12.3. The lowest BCUT2D eigenvalue weighted by molar-refractivity contribution is -0.137. The predicted octanol–water partition coefficient (Wildman–Crippen LogP) is 4.14. The van der Waals surface area contributed by atoms with Crippen molar-refractivity contribution in [1.82, 2.24) is 20.0 Å². The fraction of sp³-hybridized carbons (Fsp3) is 0.125. The molecular weight excluding hydrogens is 305 g/mol. The van der Waals surface area contributed by atoms with Gasteiger partial charge in [0.15, 0.2) is 0 Å². The Bertz CT molecular complexity index is 1030. The largest absolute Gasteiger partial charge is 0.416 e. The van der Waals surface area contributed by atoms with Gasteiger partial charge in [-0.2, -0.15) is 23.4 Å². The van der Waals surface area contributed by atoms with E-state index in [1.165, 1.54) is 6.07 Å². The lowest BCUT2D eigenvalue weighted by atomic mass is 9.96. The van der Waals surface area contributed by atoms with Crippen LogP contribution in [-0.2, 0) is 13.2 Å². The van der Waals surface area contributed by atoms with Crippen LogP contribution in [0.25, 0.3) is 32.9 Å². The number of fused-ring (bicyclic) bond motifs is 2. The van der Waals surface area contributed by atoms with Gasteiger partial charge in [-0.3, -0.25) is 9.78 Å². The van der Waals surface area contributed by atoms with E-state index in [-0.39, 0.29) is 0 Å². The molecular formula is C16H11F3N4. The SMILES string of the molecule is Cn1cc2c(-c3cc(C(F)(F)F)cc4[nH]ncc34)cccc2n1. The highest BCUT2D eigenvalue weighted by Crippen LogP contribution is 2.38. The maximum absolute atomic E-state index is 13.2. The van der Waals surface area contributed by atoms with Crippen LogP contribution in [-0.4, -0.2) is 20.0 Å². The zero-order chi connectivity index (χ0) is 16.2. The fourth-order valence-corrected chi connectivity index (χ4v) is 2.83. The Morgan fingerprint density at radius 1 is 1.09 bits per heavy atom. The molecule has 0 spiro atoms.